The highest BCUT2D eigenvalue weighted by atomic mass is 16.4. The van der Waals surface area contributed by atoms with E-state index >= 15 is 0 Å². The topological polar surface area (TPSA) is 73.7 Å². The monoisotopic (exact) mass is 344 g/mol. The minimum Gasteiger partial charge on any atom is -0.506 e. The van der Waals surface area contributed by atoms with E-state index in [0.29, 0.717) is 16.6 Å². The molecule has 0 aliphatic carbocycles. The second-order valence-electron chi connectivity index (χ2n) is 6.01. The zero-order valence-electron chi connectivity index (χ0n) is 13.8. The molecule has 0 spiro atoms. The third-order valence-electron chi connectivity index (χ3n) is 4.46. The lowest BCUT2D eigenvalue weighted by Crippen LogP contribution is -2.28. The van der Waals surface area contributed by atoms with E-state index in [9.17, 15) is 15.0 Å². The number of amides is 1. The number of fused-ring (bicyclic) bond motifs is 2. The van der Waals surface area contributed by atoms with Crippen molar-refractivity contribution in [3.63, 3.8) is 0 Å². The van der Waals surface area contributed by atoms with Crippen LogP contribution in [0.2, 0.25) is 0 Å². The van der Waals surface area contributed by atoms with Crippen LogP contribution in [0.25, 0.3) is 21.7 Å². The van der Waals surface area contributed by atoms with Crippen molar-refractivity contribution in [3.05, 3.63) is 78.5 Å². The largest absolute Gasteiger partial charge is 0.506 e. The van der Waals surface area contributed by atoms with Gasteiger partial charge in [0.1, 0.15) is 11.3 Å². The summed E-state index contributed by atoms with van der Waals surface area (Å²) in [5.41, 5.74) is 1.79. The first-order valence-corrected chi connectivity index (χ1v) is 8.19. The number of carboxylic acid groups (broad SMARTS) is 1. The predicted molar refractivity (Wildman–Crippen MR) is 102 cm³/mol. The number of hydrogen-bond donors (Lipinski definition) is 2. The number of aromatic hydroxyl groups is 1. The first-order valence-electron chi connectivity index (χ1n) is 8.19. The second kappa shape index (κ2) is 6.37. The van der Waals surface area contributed by atoms with E-state index in [1.807, 2.05) is 42.5 Å². The zero-order chi connectivity index (χ0) is 18.1. The molecule has 5 nitrogen and oxygen atoms in total. The van der Waals surface area contributed by atoms with Crippen LogP contribution in [0.4, 0.5) is 10.5 Å². The number of nitrogens with zero attached hydrogens (tertiary/aromatic N) is 2. The van der Waals surface area contributed by atoms with Crippen LogP contribution in [0, 0.1) is 0 Å². The molecule has 2 N–H and O–H groups in total. The SMILES string of the molecule is O=C(O)N(Cc1cccc2ccccc12)c1ccc(O)c2ncccc12. The molecular weight excluding hydrogens is 328 g/mol. The molecule has 0 radical (unpaired) electrons. The predicted octanol–water partition coefficient (Wildman–Crippen LogP) is 4.78. The third-order valence-corrected chi connectivity index (χ3v) is 4.46. The quantitative estimate of drug-likeness (QED) is 0.561. The number of anilines is 1. The van der Waals surface area contributed by atoms with Gasteiger partial charge >= 0.3 is 6.09 Å². The van der Waals surface area contributed by atoms with Crippen LogP contribution in [-0.2, 0) is 6.54 Å². The van der Waals surface area contributed by atoms with E-state index in [0.717, 1.165) is 16.3 Å². The number of carbonyl (C=O) groups is 1. The van der Waals surface area contributed by atoms with Crippen LogP contribution in [0.15, 0.2) is 72.9 Å². The van der Waals surface area contributed by atoms with Gasteiger partial charge in [-0.3, -0.25) is 9.88 Å². The molecule has 128 valence electrons. The van der Waals surface area contributed by atoms with Crippen LogP contribution in [0.1, 0.15) is 5.56 Å². The van der Waals surface area contributed by atoms with Crippen molar-refractivity contribution in [2.24, 2.45) is 0 Å². The van der Waals surface area contributed by atoms with Gasteiger partial charge in [-0.1, -0.05) is 42.5 Å². The van der Waals surface area contributed by atoms with E-state index in [4.69, 9.17) is 0 Å². The molecule has 0 aliphatic heterocycles. The van der Waals surface area contributed by atoms with Gasteiger partial charge in [-0.05, 0) is 40.6 Å². The molecule has 1 heterocycles. The van der Waals surface area contributed by atoms with Gasteiger partial charge in [0.05, 0.1) is 12.2 Å². The van der Waals surface area contributed by atoms with Gasteiger partial charge in [0.25, 0.3) is 0 Å². The minimum absolute atomic E-state index is 0.0276. The first kappa shape index (κ1) is 15.9. The van der Waals surface area contributed by atoms with Crippen LogP contribution in [0.3, 0.4) is 0 Å². The Hall–Kier alpha value is -3.60. The van der Waals surface area contributed by atoms with E-state index in [-0.39, 0.29) is 12.3 Å². The smallest absolute Gasteiger partial charge is 0.412 e. The fraction of sp³-hybridized carbons (Fsp3) is 0.0476. The van der Waals surface area contributed by atoms with Gasteiger partial charge in [0, 0.05) is 11.6 Å². The molecule has 3 aromatic carbocycles. The summed E-state index contributed by atoms with van der Waals surface area (Å²) >= 11 is 0. The summed E-state index contributed by atoms with van der Waals surface area (Å²) in [7, 11) is 0. The molecule has 0 unspecified atom stereocenters. The Labute approximate surface area is 149 Å². The summed E-state index contributed by atoms with van der Waals surface area (Å²) < 4.78 is 0. The normalized spacial score (nSPS) is 10.9. The van der Waals surface area contributed by atoms with Crippen LogP contribution >= 0.6 is 0 Å². The zero-order valence-corrected chi connectivity index (χ0v) is 13.8. The van der Waals surface area contributed by atoms with Crippen molar-refractivity contribution in [2.45, 2.75) is 6.54 Å². The molecule has 5 heteroatoms. The summed E-state index contributed by atoms with van der Waals surface area (Å²) in [5.74, 6) is 0.0276. The van der Waals surface area contributed by atoms with Crippen molar-refractivity contribution in [1.29, 1.82) is 0 Å². The van der Waals surface area contributed by atoms with E-state index in [1.54, 1.807) is 24.4 Å². The van der Waals surface area contributed by atoms with Crippen LogP contribution < -0.4 is 4.90 Å². The van der Waals surface area contributed by atoms with Crippen LogP contribution in [-0.4, -0.2) is 21.3 Å². The van der Waals surface area contributed by atoms with Gasteiger partial charge in [-0.2, -0.15) is 0 Å². The molecular formula is C21H16N2O3. The molecule has 1 amide bonds. The van der Waals surface area contributed by atoms with Gasteiger partial charge < -0.3 is 10.2 Å². The Kier molecular flexibility index (Phi) is 3.89. The highest BCUT2D eigenvalue weighted by Crippen LogP contribution is 2.33. The van der Waals surface area contributed by atoms with Crippen molar-refractivity contribution < 1.29 is 15.0 Å². The van der Waals surface area contributed by atoms with Gasteiger partial charge in [0.2, 0.25) is 0 Å². The molecule has 0 bridgehead atoms. The molecule has 0 atom stereocenters. The number of aromatic nitrogens is 1. The molecule has 0 saturated carbocycles. The first-order chi connectivity index (χ1) is 12.6. The number of hydrogen-bond acceptors (Lipinski definition) is 3. The Bertz CT molecular complexity index is 1120. The van der Waals surface area contributed by atoms with E-state index in [1.165, 1.54) is 11.0 Å². The van der Waals surface area contributed by atoms with Crippen molar-refractivity contribution in [2.75, 3.05) is 4.90 Å². The number of pyridine rings is 1. The second-order valence-corrected chi connectivity index (χ2v) is 6.01. The Morgan fingerprint density at radius 3 is 2.54 bits per heavy atom. The number of benzene rings is 3. The van der Waals surface area contributed by atoms with Crippen LogP contribution in [0.5, 0.6) is 5.75 Å². The lowest BCUT2D eigenvalue weighted by atomic mass is 10.0. The summed E-state index contributed by atoms with van der Waals surface area (Å²) in [5, 5.41) is 22.5. The van der Waals surface area contributed by atoms with Crippen molar-refractivity contribution >= 4 is 33.5 Å². The molecule has 26 heavy (non-hydrogen) atoms. The van der Waals surface area contributed by atoms with Crippen molar-refractivity contribution in [3.8, 4) is 5.75 Å². The van der Waals surface area contributed by atoms with Gasteiger partial charge in [-0.25, -0.2) is 4.79 Å². The summed E-state index contributed by atoms with van der Waals surface area (Å²) in [4.78, 5) is 17.5. The molecule has 0 saturated heterocycles. The van der Waals surface area contributed by atoms with Crippen molar-refractivity contribution in [1.82, 2.24) is 4.98 Å². The standard InChI is InChI=1S/C21H16N2O3/c24-19-11-10-18(17-9-4-12-22-20(17)19)23(21(25)26)13-15-7-3-6-14-5-1-2-8-16(14)15/h1-12,24H,13H2,(H,25,26). The fourth-order valence-corrected chi connectivity index (χ4v) is 3.23. The lowest BCUT2D eigenvalue weighted by molar-refractivity contribution is 0.201. The maximum atomic E-state index is 12.0. The molecule has 1 aromatic heterocycles. The maximum Gasteiger partial charge on any atom is 0.412 e. The Morgan fingerprint density at radius 2 is 1.69 bits per heavy atom. The maximum absolute atomic E-state index is 12.0. The molecule has 0 fully saturated rings. The summed E-state index contributed by atoms with van der Waals surface area (Å²) in [6.45, 7) is 0.200. The molecule has 0 aliphatic rings. The summed E-state index contributed by atoms with van der Waals surface area (Å²) in [6.07, 6.45) is 0.510. The lowest BCUT2D eigenvalue weighted by Gasteiger charge is -2.22. The number of phenolic OH excluding ortho intramolecular Hbond substituents is 1. The third kappa shape index (κ3) is 2.69. The van der Waals surface area contributed by atoms with Gasteiger partial charge in [-0.15, -0.1) is 0 Å². The van der Waals surface area contributed by atoms with Gasteiger partial charge in [0.15, 0.2) is 0 Å². The fourth-order valence-electron chi connectivity index (χ4n) is 3.23. The number of rotatable bonds is 3. The Balaban J connectivity index is 1.85. The minimum atomic E-state index is -1.06. The summed E-state index contributed by atoms with van der Waals surface area (Å²) in [6, 6.07) is 20.3. The molecule has 4 rings (SSSR count). The highest BCUT2D eigenvalue weighted by Gasteiger charge is 2.19. The number of phenols is 1. The Morgan fingerprint density at radius 1 is 0.923 bits per heavy atom. The average molecular weight is 344 g/mol. The molecule has 4 aromatic rings. The average Bonchev–Trinajstić information content (AvgIpc) is 2.67. The van der Waals surface area contributed by atoms with E-state index in [2.05, 4.69) is 4.98 Å². The van der Waals surface area contributed by atoms with E-state index < -0.39 is 6.09 Å². The highest BCUT2D eigenvalue weighted by molar-refractivity contribution is 6.02.